The van der Waals surface area contributed by atoms with Crippen LogP contribution >= 0.6 is 0 Å². The molecule has 0 saturated carbocycles. The zero-order chi connectivity index (χ0) is 12.4. The molecule has 0 aliphatic heterocycles. The van der Waals surface area contributed by atoms with Gasteiger partial charge in [0.15, 0.2) is 0 Å². The van der Waals surface area contributed by atoms with Crippen molar-refractivity contribution >= 4 is 0 Å². The molecule has 0 aromatic carbocycles. The number of ether oxygens (including phenoxy) is 2. The standard InChI is InChI=1S/C9H19F3N2O2/c1-15-7-5-14(4-2-3-13)6-8-16-9(10,11)12/h2-8,13H2,1H3. The molecular formula is C9H19F3N2O2. The smallest absolute Gasteiger partial charge is 0.383 e. The van der Waals surface area contributed by atoms with Crippen LogP contribution in [0.1, 0.15) is 6.42 Å². The molecule has 4 nitrogen and oxygen atoms in total. The first-order chi connectivity index (χ1) is 7.49. The van der Waals surface area contributed by atoms with Gasteiger partial charge in [0, 0.05) is 20.2 Å². The van der Waals surface area contributed by atoms with Crippen LogP contribution in [0.5, 0.6) is 0 Å². The van der Waals surface area contributed by atoms with Crippen LogP contribution in [0.3, 0.4) is 0 Å². The molecule has 0 spiro atoms. The lowest BCUT2D eigenvalue weighted by molar-refractivity contribution is -0.325. The first kappa shape index (κ1) is 15.6. The van der Waals surface area contributed by atoms with E-state index in [1.165, 1.54) is 0 Å². The number of hydrogen-bond donors (Lipinski definition) is 1. The maximum Gasteiger partial charge on any atom is 0.522 e. The van der Waals surface area contributed by atoms with Crippen LogP contribution in [0.2, 0.25) is 0 Å². The summed E-state index contributed by atoms with van der Waals surface area (Å²) in [6.45, 7) is 2.10. The van der Waals surface area contributed by atoms with Crippen LogP contribution in [0.4, 0.5) is 13.2 Å². The van der Waals surface area contributed by atoms with E-state index in [1.807, 2.05) is 4.90 Å². The summed E-state index contributed by atoms with van der Waals surface area (Å²) in [7, 11) is 1.55. The molecule has 0 aromatic rings. The van der Waals surface area contributed by atoms with Gasteiger partial charge in [-0.3, -0.25) is 9.64 Å². The van der Waals surface area contributed by atoms with Crippen molar-refractivity contribution < 1.29 is 22.6 Å². The summed E-state index contributed by atoms with van der Waals surface area (Å²) in [5.74, 6) is 0. The van der Waals surface area contributed by atoms with E-state index in [0.29, 0.717) is 26.2 Å². The molecule has 0 aromatic heterocycles. The van der Waals surface area contributed by atoms with Crippen LogP contribution in [0.15, 0.2) is 0 Å². The highest BCUT2D eigenvalue weighted by Gasteiger charge is 2.28. The number of methoxy groups -OCH3 is 1. The lowest BCUT2D eigenvalue weighted by atomic mass is 10.3. The zero-order valence-electron chi connectivity index (χ0n) is 9.42. The summed E-state index contributed by atoms with van der Waals surface area (Å²) in [6, 6.07) is 0. The molecule has 0 aliphatic rings. The van der Waals surface area contributed by atoms with Crippen molar-refractivity contribution in [2.75, 3.05) is 46.5 Å². The lowest BCUT2D eigenvalue weighted by Crippen LogP contribution is -2.34. The number of rotatable bonds is 9. The van der Waals surface area contributed by atoms with E-state index >= 15 is 0 Å². The Morgan fingerprint density at radius 2 is 1.75 bits per heavy atom. The van der Waals surface area contributed by atoms with Crippen molar-refractivity contribution in [1.82, 2.24) is 4.90 Å². The van der Waals surface area contributed by atoms with Gasteiger partial charge in [0.25, 0.3) is 0 Å². The molecular weight excluding hydrogens is 225 g/mol. The Morgan fingerprint density at radius 3 is 2.25 bits per heavy atom. The molecule has 0 bridgehead atoms. The Labute approximate surface area is 93.5 Å². The fourth-order valence-electron chi connectivity index (χ4n) is 1.16. The van der Waals surface area contributed by atoms with Gasteiger partial charge in [0.2, 0.25) is 0 Å². The summed E-state index contributed by atoms with van der Waals surface area (Å²) in [6.07, 6.45) is -3.81. The number of nitrogens with two attached hydrogens (primary N) is 1. The highest BCUT2D eigenvalue weighted by Crippen LogP contribution is 2.15. The molecule has 0 fully saturated rings. The van der Waals surface area contributed by atoms with Crippen LogP contribution in [-0.2, 0) is 9.47 Å². The van der Waals surface area contributed by atoms with E-state index < -0.39 is 6.36 Å². The average Bonchev–Trinajstić information content (AvgIpc) is 2.19. The Balaban J connectivity index is 3.72. The van der Waals surface area contributed by atoms with Crippen molar-refractivity contribution in [3.05, 3.63) is 0 Å². The Hall–Kier alpha value is -0.370. The number of hydrogen-bond acceptors (Lipinski definition) is 4. The molecule has 16 heavy (non-hydrogen) atoms. The third-order valence-electron chi connectivity index (χ3n) is 1.96. The van der Waals surface area contributed by atoms with Gasteiger partial charge in [0.1, 0.15) is 0 Å². The van der Waals surface area contributed by atoms with E-state index in [2.05, 4.69) is 4.74 Å². The van der Waals surface area contributed by atoms with Crippen molar-refractivity contribution in [3.63, 3.8) is 0 Å². The largest absolute Gasteiger partial charge is 0.522 e. The molecule has 0 unspecified atom stereocenters. The average molecular weight is 244 g/mol. The quantitative estimate of drug-likeness (QED) is 0.652. The summed E-state index contributed by atoms with van der Waals surface area (Å²) in [4.78, 5) is 1.84. The molecule has 0 heterocycles. The number of nitrogens with zero attached hydrogens (tertiary/aromatic N) is 1. The lowest BCUT2D eigenvalue weighted by Gasteiger charge is -2.21. The van der Waals surface area contributed by atoms with E-state index in [1.54, 1.807) is 7.11 Å². The van der Waals surface area contributed by atoms with E-state index in [-0.39, 0.29) is 13.2 Å². The van der Waals surface area contributed by atoms with Gasteiger partial charge in [-0.15, -0.1) is 13.2 Å². The summed E-state index contributed by atoms with van der Waals surface area (Å²) in [5.41, 5.74) is 5.33. The summed E-state index contributed by atoms with van der Waals surface area (Å²) >= 11 is 0. The molecule has 7 heteroatoms. The molecule has 0 rings (SSSR count). The SMILES string of the molecule is COCCN(CCCN)CCOC(F)(F)F. The highest BCUT2D eigenvalue weighted by atomic mass is 19.4. The highest BCUT2D eigenvalue weighted by molar-refractivity contribution is 4.57. The molecule has 0 aliphatic carbocycles. The Morgan fingerprint density at radius 1 is 1.12 bits per heavy atom. The molecule has 0 atom stereocenters. The molecule has 98 valence electrons. The Kier molecular flexibility index (Phi) is 8.54. The second-order valence-corrected chi connectivity index (χ2v) is 3.27. The van der Waals surface area contributed by atoms with Crippen molar-refractivity contribution in [1.29, 1.82) is 0 Å². The van der Waals surface area contributed by atoms with E-state index in [0.717, 1.165) is 6.42 Å². The third kappa shape index (κ3) is 10.2. The number of alkyl halides is 3. The van der Waals surface area contributed by atoms with Crippen LogP contribution in [-0.4, -0.2) is 57.8 Å². The van der Waals surface area contributed by atoms with Crippen molar-refractivity contribution in [3.8, 4) is 0 Å². The van der Waals surface area contributed by atoms with E-state index in [4.69, 9.17) is 10.5 Å². The minimum atomic E-state index is -4.55. The fraction of sp³-hybridized carbons (Fsp3) is 1.00. The van der Waals surface area contributed by atoms with Gasteiger partial charge in [-0.25, -0.2) is 0 Å². The summed E-state index contributed by atoms with van der Waals surface area (Å²) < 4.78 is 43.7. The van der Waals surface area contributed by atoms with Gasteiger partial charge in [-0.1, -0.05) is 0 Å². The number of halogens is 3. The monoisotopic (exact) mass is 244 g/mol. The van der Waals surface area contributed by atoms with E-state index in [9.17, 15) is 13.2 Å². The van der Waals surface area contributed by atoms with Gasteiger partial charge < -0.3 is 10.5 Å². The fourth-order valence-corrected chi connectivity index (χ4v) is 1.16. The second-order valence-electron chi connectivity index (χ2n) is 3.27. The normalized spacial score (nSPS) is 12.4. The first-order valence-corrected chi connectivity index (χ1v) is 5.11. The molecule has 2 N–H and O–H groups in total. The van der Waals surface area contributed by atoms with Gasteiger partial charge >= 0.3 is 6.36 Å². The third-order valence-corrected chi connectivity index (χ3v) is 1.96. The maximum atomic E-state index is 11.7. The minimum absolute atomic E-state index is 0.225. The van der Waals surface area contributed by atoms with Gasteiger partial charge in [0.05, 0.1) is 13.2 Å². The van der Waals surface area contributed by atoms with Crippen LogP contribution in [0, 0.1) is 0 Å². The van der Waals surface area contributed by atoms with Crippen LogP contribution < -0.4 is 5.73 Å². The topological polar surface area (TPSA) is 47.7 Å². The van der Waals surface area contributed by atoms with Crippen LogP contribution in [0.25, 0.3) is 0 Å². The van der Waals surface area contributed by atoms with Crippen molar-refractivity contribution in [2.24, 2.45) is 5.73 Å². The molecule has 0 saturated heterocycles. The van der Waals surface area contributed by atoms with Gasteiger partial charge in [-0.05, 0) is 19.5 Å². The summed E-state index contributed by atoms with van der Waals surface area (Å²) in [5, 5.41) is 0. The predicted molar refractivity (Wildman–Crippen MR) is 54.0 cm³/mol. The second kappa shape index (κ2) is 8.74. The first-order valence-electron chi connectivity index (χ1n) is 5.11. The molecule has 0 radical (unpaired) electrons. The van der Waals surface area contributed by atoms with Crippen molar-refractivity contribution in [2.45, 2.75) is 12.8 Å². The Bertz CT molecular complexity index is 159. The maximum absolute atomic E-state index is 11.7. The predicted octanol–water partition coefficient (Wildman–Crippen LogP) is 0.820. The zero-order valence-corrected chi connectivity index (χ0v) is 9.42. The van der Waals surface area contributed by atoms with Gasteiger partial charge in [-0.2, -0.15) is 0 Å². The molecule has 0 amide bonds. The minimum Gasteiger partial charge on any atom is -0.383 e.